The first-order valence-electron chi connectivity index (χ1n) is 10.7. The Morgan fingerprint density at radius 3 is 2.53 bits per heavy atom. The number of fused-ring (bicyclic) bond motifs is 1. The molecule has 2 aliphatic rings. The third-order valence-corrected chi connectivity index (χ3v) is 7.20. The Hall–Kier alpha value is -2.22. The van der Waals surface area contributed by atoms with Gasteiger partial charge in [-0.25, -0.2) is 0 Å². The van der Waals surface area contributed by atoms with Gasteiger partial charge in [-0.3, -0.25) is 14.5 Å². The van der Waals surface area contributed by atoms with Crippen LogP contribution < -0.4 is 5.32 Å². The molecule has 1 aromatic carbocycles. The number of carbonyl (C=O) groups excluding carboxylic acids is 2. The molecule has 1 unspecified atom stereocenters. The summed E-state index contributed by atoms with van der Waals surface area (Å²) in [7, 11) is 0. The van der Waals surface area contributed by atoms with Crippen LogP contribution in [-0.4, -0.2) is 66.0 Å². The molecule has 1 saturated heterocycles. The van der Waals surface area contributed by atoms with Gasteiger partial charge in [0.15, 0.2) is 0 Å². The second-order valence-electron chi connectivity index (χ2n) is 8.06. The standard InChI is InChI=1S/C23H29N3O3S/c27-19(17-6-2-1-3-7-17)16-25-10-12-26(13-11-25)22(28)15-24-23(29)21-14-18-8-4-5-9-20(18)30-21/h1-3,6-7,14,19,27H,4-5,8-13,15-16H2,(H,24,29). The van der Waals surface area contributed by atoms with Gasteiger partial charge < -0.3 is 15.3 Å². The van der Waals surface area contributed by atoms with E-state index in [9.17, 15) is 14.7 Å². The molecule has 2 aromatic rings. The molecule has 2 heterocycles. The van der Waals surface area contributed by atoms with E-state index in [4.69, 9.17) is 0 Å². The van der Waals surface area contributed by atoms with E-state index in [0.29, 0.717) is 19.6 Å². The number of hydrogen-bond acceptors (Lipinski definition) is 5. The molecule has 7 heteroatoms. The molecule has 0 spiro atoms. The van der Waals surface area contributed by atoms with Gasteiger partial charge in [-0.1, -0.05) is 30.3 Å². The molecule has 2 amide bonds. The monoisotopic (exact) mass is 427 g/mol. The highest BCUT2D eigenvalue weighted by atomic mass is 32.1. The van der Waals surface area contributed by atoms with Crippen molar-refractivity contribution in [1.82, 2.24) is 15.1 Å². The zero-order valence-corrected chi connectivity index (χ0v) is 18.0. The maximum absolute atomic E-state index is 12.5. The van der Waals surface area contributed by atoms with Gasteiger partial charge in [0, 0.05) is 37.6 Å². The van der Waals surface area contributed by atoms with Crippen LogP contribution in [-0.2, 0) is 17.6 Å². The lowest BCUT2D eigenvalue weighted by Gasteiger charge is -2.35. The Morgan fingerprint density at radius 2 is 1.80 bits per heavy atom. The molecule has 0 saturated carbocycles. The van der Waals surface area contributed by atoms with Gasteiger partial charge in [-0.2, -0.15) is 0 Å². The Kier molecular flexibility index (Phi) is 6.82. The van der Waals surface area contributed by atoms with E-state index in [1.165, 1.54) is 23.3 Å². The number of aliphatic hydroxyl groups is 1. The summed E-state index contributed by atoms with van der Waals surface area (Å²) in [5, 5.41) is 13.2. The average molecular weight is 428 g/mol. The quantitative estimate of drug-likeness (QED) is 0.742. The maximum Gasteiger partial charge on any atom is 0.261 e. The minimum absolute atomic E-state index is 0.0358. The van der Waals surface area contributed by atoms with E-state index in [2.05, 4.69) is 10.2 Å². The van der Waals surface area contributed by atoms with Crippen molar-refractivity contribution in [3.63, 3.8) is 0 Å². The van der Waals surface area contributed by atoms with Gasteiger partial charge in [0.05, 0.1) is 17.5 Å². The zero-order valence-electron chi connectivity index (χ0n) is 17.2. The molecule has 4 rings (SSSR count). The van der Waals surface area contributed by atoms with Crippen LogP contribution in [0.3, 0.4) is 0 Å². The topological polar surface area (TPSA) is 72.9 Å². The second kappa shape index (κ2) is 9.73. The lowest BCUT2D eigenvalue weighted by molar-refractivity contribution is -0.132. The van der Waals surface area contributed by atoms with E-state index < -0.39 is 6.10 Å². The van der Waals surface area contributed by atoms with E-state index in [1.807, 2.05) is 36.4 Å². The molecular formula is C23H29N3O3S. The Labute approximate surface area is 181 Å². The fraction of sp³-hybridized carbons (Fsp3) is 0.478. The van der Waals surface area contributed by atoms with Gasteiger partial charge in [-0.05, 0) is 42.9 Å². The molecule has 160 valence electrons. The minimum Gasteiger partial charge on any atom is -0.387 e. The van der Waals surface area contributed by atoms with Gasteiger partial charge in [-0.15, -0.1) is 11.3 Å². The number of nitrogens with one attached hydrogen (secondary N) is 1. The number of benzene rings is 1. The first-order chi connectivity index (χ1) is 14.6. The molecule has 1 fully saturated rings. The van der Waals surface area contributed by atoms with Crippen LogP contribution in [0.4, 0.5) is 0 Å². The molecule has 0 radical (unpaired) electrons. The van der Waals surface area contributed by atoms with Crippen LogP contribution in [0.25, 0.3) is 0 Å². The third-order valence-electron chi connectivity index (χ3n) is 5.96. The number of nitrogens with zero attached hydrogens (tertiary/aromatic N) is 2. The molecule has 1 atom stereocenters. The van der Waals surface area contributed by atoms with Crippen LogP contribution in [0, 0.1) is 0 Å². The van der Waals surface area contributed by atoms with Gasteiger partial charge in [0.1, 0.15) is 0 Å². The van der Waals surface area contributed by atoms with Crippen molar-refractivity contribution in [1.29, 1.82) is 0 Å². The van der Waals surface area contributed by atoms with Crippen LogP contribution >= 0.6 is 11.3 Å². The largest absolute Gasteiger partial charge is 0.387 e. The number of β-amino-alcohol motifs (C(OH)–C–C–N with tert-alkyl or cyclic N) is 1. The normalized spacial score (nSPS) is 18.0. The lowest BCUT2D eigenvalue weighted by atomic mass is 9.99. The van der Waals surface area contributed by atoms with E-state index in [0.717, 1.165) is 36.4 Å². The van der Waals surface area contributed by atoms with Crippen LogP contribution in [0.1, 0.15) is 44.6 Å². The number of hydrogen-bond donors (Lipinski definition) is 2. The maximum atomic E-state index is 12.5. The van der Waals surface area contributed by atoms with Crippen molar-refractivity contribution in [3.05, 3.63) is 57.3 Å². The van der Waals surface area contributed by atoms with Crippen molar-refractivity contribution in [3.8, 4) is 0 Å². The van der Waals surface area contributed by atoms with Gasteiger partial charge in [0.2, 0.25) is 5.91 Å². The third kappa shape index (κ3) is 5.09. The van der Waals surface area contributed by atoms with Crippen molar-refractivity contribution in [2.24, 2.45) is 0 Å². The first-order valence-corrected chi connectivity index (χ1v) is 11.5. The fourth-order valence-corrected chi connectivity index (χ4v) is 5.33. The van der Waals surface area contributed by atoms with Crippen LogP contribution in [0.5, 0.6) is 0 Å². The fourth-order valence-electron chi connectivity index (χ4n) is 4.16. The zero-order chi connectivity index (χ0) is 20.9. The molecule has 6 nitrogen and oxygen atoms in total. The number of piperazine rings is 1. The molecule has 1 aliphatic carbocycles. The second-order valence-corrected chi connectivity index (χ2v) is 9.19. The first kappa shape index (κ1) is 21.0. The number of thiophene rings is 1. The Morgan fingerprint density at radius 1 is 1.07 bits per heavy atom. The highest BCUT2D eigenvalue weighted by molar-refractivity contribution is 7.14. The van der Waals surface area contributed by atoms with Crippen LogP contribution in [0.15, 0.2) is 36.4 Å². The summed E-state index contributed by atoms with van der Waals surface area (Å²) >= 11 is 1.57. The lowest BCUT2D eigenvalue weighted by Crippen LogP contribution is -2.51. The smallest absolute Gasteiger partial charge is 0.261 e. The van der Waals surface area contributed by atoms with E-state index in [1.54, 1.807) is 16.2 Å². The minimum atomic E-state index is -0.524. The SMILES string of the molecule is O=C(NCC(=O)N1CCN(CC(O)c2ccccc2)CC1)c1cc2c(s1)CCCC2. The number of aliphatic hydroxyl groups excluding tert-OH is 1. The average Bonchev–Trinajstić information content (AvgIpc) is 3.23. The summed E-state index contributed by atoms with van der Waals surface area (Å²) in [6.07, 6.45) is 3.99. The van der Waals surface area contributed by atoms with Crippen LogP contribution in [0.2, 0.25) is 0 Å². The number of carbonyl (C=O) groups is 2. The molecule has 2 N–H and O–H groups in total. The summed E-state index contributed by atoms with van der Waals surface area (Å²) in [4.78, 5) is 31.0. The summed E-state index contributed by atoms with van der Waals surface area (Å²) in [6.45, 7) is 3.27. The van der Waals surface area contributed by atoms with Crippen molar-refractivity contribution in [2.45, 2.75) is 31.8 Å². The number of aryl methyl sites for hydroxylation is 2. The molecule has 30 heavy (non-hydrogen) atoms. The Bertz CT molecular complexity index is 852. The predicted molar refractivity (Wildman–Crippen MR) is 118 cm³/mol. The number of rotatable bonds is 6. The molecule has 1 aromatic heterocycles. The van der Waals surface area contributed by atoms with Crippen molar-refractivity contribution in [2.75, 3.05) is 39.3 Å². The Balaban J connectivity index is 1.21. The van der Waals surface area contributed by atoms with Gasteiger partial charge >= 0.3 is 0 Å². The molecular weight excluding hydrogens is 398 g/mol. The summed E-state index contributed by atoms with van der Waals surface area (Å²) in [5.74, 6) is -0.194. The van der Waals surface area contributed by atoms with E-state index in [-0.39, 0.29) is 18.4 Å². The summed E-state index contributed by atoms with van der Waals surface area (Å²) < 4.78 is 0. The highest BCUT2D eigenvalue weighted by Gasteiger charge is 2.24. The summed E-state index contributed by atoms with van der Waals surface area (Å²) in [6, 6.07) is 11.6. The van der Waals surface area contributed by atoms with Crippen molar-refractivity contribution >= 4 is 23.2 Å². The van der Waals surface area contributed by atoms with Crippen molar-refractivity contribution < 1.29 is 14.7 Å². The molecule has 1 aliphatic heterocycles. The number of amides is 2. The predicted octanol–water partition coefficient (Wildman–Crippen LogP) is 2.23. The highest BCUT2D eigenvalue weighted by Crippen LogP contribution is 2.29. The van der Waals surface area contributed by atoms with Gasteiger partial charge in [0.25, 0.3) is 5.91 Å². The summed E-state index contributed by atoms with van der Waals surface area (Å²) in [5.41, 5.74) is 2.21. The van der Waals surface area contributed by atoms with E-state index >= 15 is 0 Å². The molecule has 0 bridgehead atoms.